The number of anilines is 2. The Balaban J connectivity index is 1.77. The van der Waals surface area contributed by atoms with Crippen LogP contribution in [0, 0.1) is 0 Å². The third-order valence-corrected chi connectivity index (χ3v) is 8.00. The van der Waals surface area contributed by atoms with Crippen molar-refractivity contribution in [2.45, 2.75) is 73.6 Å². The molecule has 0 spiro atoms. The third-order valence-electron chi connectivity index (χ3n) is 8.00. The highest BCUT2D eigenvalue weighted by molar-refractivity contribution is 5.72. The highest BCUT2D eigenvalue weighted by atomic mass is 19.4. The third kappa shape index (κ3) is 7.51. The molecule has 2 aliphatic heterocycles. The smallest absolute Gasteiger partial charge is 0.460 e. The minimum atomic E-state index is -7.34. The van der Waals surface area contributed by atoms with Gasteiger partial charge in [0.2, 0.25) is 11.8 Å². The molecule has 0 saturated carbocycles. The molecule has 0 unspecified atom stereocenters. The van der Waals surface area contributed by atoms with Crippen LogP contribution in [0.3, 0.4) is 0 Å². The van der Waals surface area contributed by atoms with Crippen LogP contribution < -0.4 is 19.3 Å². The fourth-order valence-electron chi connectivity index (χ4n) is 5.05. The molecular formula is C28H24F18N4O2. The quantitative estimate of drug-likeness (QED) is 0.189. The molecule has 24 heteroatoms. The van der Waals surface area contributed by atoms with Crippen molar-refractivity contribution in [3.63, 3.8) is 0 Å². The molecule has 52 heavy (non-hydrogen) atoms. The second-order valence-corrected chi connectivity index (χ2v) is 11.8. The summed E-state index contributed by atoms with van der Waals surface area (Å²) in [6, 6.07) is 4.23. The van der Waals surface area contributed by atoms with Crippen LogP contribution in [0.2, 0.25) is 0 Å². The summed E-state index contributed by atoms with van der Waals surface area (Å²) in [5.74, 6) is -45.7. The zero-order chi connectivity index (χ0) is 39.3. The van der Waals surface area contributed by atoms with Crippen LogP contribution in [0.5, 0.6) is 11.8 Å². The number of benzene rings is 1. The minimum Gasteiger partial charge on any atom is -0.471 e. The van der Waals surface area contributed by atoms with E-state index in [0.717, 1.165) is 25.7 Å². The average Bonchev–Trinajstić information content (AvgIpc) is 3.77. The van der Waals surface area contributed by atoms with Gasteiger partial charge in [0.05, 0.1) is 6.07 Å². The van der Waals surface area contributed by atoms with Crippen molar-refractivity contribution < 1.29 is 88.5 Å². The van der Waals surface area contributed by atoms with E-state index in [-0.39, 0.29) is 11.6 Å². The lowest BCUT2D eigenvalue weighted by Crippen LogP contribution is -2.62. The summed E-state index contributed by atoms with van der Waals surface area (Å²) in [4.78, 5) is 10.8. The number of aromatic nitrogens is 2. The first-order valence-corrected chi connectivity index (χ1v) is 14.8. The summed E-state index contributed by atoms with van der Waals surface area (Å²) in [5, 5.41) is 0. The van der Waals surface area contributed by atoms with Gasteiger partial charge in [-0.1, -0.05) is 0 Å². The van der Waals surface area contributed by atoms with Gasteiger partial charge in [-0.25, -0.2) is 0 Å². The van der Waals surface area contributed by atoms with Crippen molar-refractivity contribution in [3.05, 3.63) is 24.3 Å². The van der Waals surface area contributed by atoms with Crippen molar-refractivity contribution in [2.75, 3.05) is 49.2 Å². The molecule has 0 amide bonds. The van der Waals surface area contributed by atoms with E-state index in [1.807, 2.05) is 9.80 Å². The van der Waals surface area contributed by atoms with Crippen molar-refractivity contribution in [1.29, 1.82) is 0 Å². The van der Waals surface area contributed by atoms with Gasteiger partial charge in [-0.3, -0.25) is 0 Å². The second-order valence-electron chi connectivity index (χ2n) is 11.8. The van der Waals surface area contributed by atoms with Crippen molar-refractivity contribution in [2.24, 2.45) is 0 Å². The standard InChI is InChI=1S/C28H24F18N4O2/c29-21(30,23(33,34)25(37,38)27(41,42)43)13-51-18-12-19(52-14-22(31,32)24(35,36)26(39,40)28(44,45)46)48-20(47-18)15-9-16(49-5-1-2-6-49)11-17(10-15)50-7-3-4-8-50/h9-12H,1-8,13-14H2. The van der Waals surface area contributed by atoms with Crippen LogP contribution in [0.15, 0.2) is 24.3 Å². The molecule has 4 rings (SSSR count). The molecule has 6 nitrogen and oxygen atoms in total. The Morgan fingerprint density at radius 3 is 1.10 bits per heavy atom. The van der Waals surface area contributed by atoms with Crippen LogP contribution in [-0.2, 0) is 0 Å². The van der Waals surface area contributed by atoms with Crippen molar-refractivity contribution in [1.82, 2.24) is 9.97 Å². The van der Waals surface area contributed by atoms with Gasteiger partial charge in [-0.05, 0) is 43.9 Å². The van der Waals surface area contributed by atoms with E-state index in [9.17, 15) is 79.0 Å². The molecule has 1 aromatic carbocycles. The maximum absolute atomic E-state index is 14.2. The molecule has 0 bridgehead atoms. The van der Waals surface area contributed by atoms with Crippen molar-refractivity contribution in [3.8, 4) is 23.1 Å². The van der Waals surface area contributed by atoms with Crippen LogP contribution in [0.25, 0.3) is 11.4 Å². The Bertz CT molecular complexity index is 1460. The molecule has 0 N–H and O–H groups in total. The fourth-order valence-corrected chi connectivity index (χ4v) is 5.05. The molecular weight excluding hydrogens is 766 g/mol. The molecule has 0 aliphatic carbocycles. The minimum absolute atomic E-state index is 0.0541. The highest BCUT2D eigenvalue weighted by Gasteiger charge is 2.83. The lowest BCUT2D eigenvalue weighted by Gasteiger charge is -2.33. The lowest BCUT2D eigenvalue weighted by molar-refractivity contribution is -0.398. The van der Waals surface area contributed by atoms with Crippen molar-refractivity contribution >= 4 is 11.4 Å². The second kappa shape index (κ2) is 13.6. The number of hydrogen-bond donors (Lipinski definition) is 0. The fraction of sp³-hybridized carbons (Fsp3) is 0.643. The van der Waals surface area contributed by atoms with E-state index in [0.29, 0.717) is 37.6 Å². The summed E-state index contributed by atoms with van der Waals surface area (Å²) in [7, 11) is 0. The van der Waals surface area contributed by atoms with Crippen LogP contribution in [0.4, 0.5) is 90.4 Å². The van der Waals surface area contributed by atoms with Crippen LogP contribution in [0.1, 0.15) is 25.7 Å². The van der Waals surface area contributed by atoms with E-state index in [1.54, 1.807) is 6.07 Å². The Morgan fingerprint density at radius 2 is 0.788 bits per heavy atom. The molecule has 2 aromatic rings. The summed E-state index contributed by atoms with van der Waals surface area (Å²) in [5.41, 5.74) is 0.689. The molecule has 2 aliphatic rings. The van der Waals surface area contributed by atoms with E-state index in [1.165, 1.54) is 12.1 Å². The number of halogens is 18. The Morgan fingerprint density at radius 1 is 0.462 bits per heavy atom. The van der Waals surface area contributed by atoms with E-state index < -0.39 is 78.7 Å². The van der Waals surface area contributed by atoms with Gasteiger partial charge in [0.25, 0.3) is 0 Å². The predicted octanol–water partition coefficient (Wildman–Crippen LogP) is 9.04. The molecule has 2 saturated heterocycles. The van der Waals surface area contributed by atoms with Crippen LogP contribution in [-0.4, -0.2) is 97.2 Å². The molecule has 0 atom stereocenters. The van der Waals surface area contributed by atoms with Gasteiger partial charge in [0, 0.05) is 43.1 Å². The zero-order valence-electron chi connectivity index (χ0n) is 25.8. The van der Waals surface area contributed by atoms with Gasteiger partial charge in [-0.2, -0.15) is 89.0 Å². The molecule has 2 fully saturated rings. The SMILES string of the molecule is FC(F)(F)C(F)(F)C(F)(F)C(F)(F)COc1cc(OCC(F)(F)C(F)(F)C(F)(F)C(F)(F)F)nc(-c2cc(N3CCCC3)cc(N3CCCC3)c2)n1. The molecule has 0 radical (unpaired) electrons. The Labute approximate surface area is 280 Å². The molecule has 294 valence electrons. The van der Waals surface area contributed by atoms with Gasteiger partial charge < -0.3 is 19.3 Å². The largest absolute Gasteiger partial charge is 0.471 e. The van der Waals surface area contributed by atoms with Gasteiger partial charge in [-0.15, -0.1) is 0 Å². The lowest BCUT2D eigenvalue weighted by atomic mass is 10.0. The first-order chi connectivity index (χ1) is 23.6. The highest BCUT2D eigenvalue weighted by Crippen LogP contribution is 2.54. The van der Waals surface area contributed by atoms with E-state index >= 15 is 0 Å². The maximum Gasteiger partial charge on any atom is 0.460 e. The summed E-state index contributed by atoms with van der Waals surface area (Å²) in [6.45, 7) is -4.06. The van der Waals surface area contributed by atoms with Gasteiger partial charge >= 0.3 is 47.9 Å². The average molecular weight is 790 g/mol. The first kappa shape index (κ1) is 41.0. The molecule has 1 aromatic heterocycles. The number of ether oxygens (including phenoxy) is 2. The van der Waals surface area contributed by atoms with E-state index in [4.69, 9.17) is 0 Å². The number of rotatable bonds is 13. The Kier molecular flexibility index (Phi) is 10.7. The summed E-state index contributed by atoms with van der Waals surface area (Å²) in [6.07, 6.45) is -11.5. The van der Waals surface area contributed by atoms with Crippen LogP contribution >= 0.6 is 0 Å². The van der Waals surface area contributed by atoms with Gasteiger partial charge in [0.15, 0.2) is 19.0 Å². The summed E-state index contributed by atoms with van der Waals surface area (Å²) < 4.78 is 250. The maximum atomic E-state index is 14.2. The normalized spacial score (nSPS) is 17.3. The zero-order valence-corrected chi connectivity index (χ0v) is 25.8. The first-order valence-electron chi connectivity index (χ1n) is 14.8. The molecule has 3 heterocycles. The predicted molar refractivity (Wildman–Crippen MR) is 143 cm³/mol. The van der Waals surface area contributed by atoms with Gasteiger partial charge in [0.1, 0.15) is 0 Å². The number of hydrogen-bond acceptors (Lipinski definition) is 6. The summed E-state index contributed by atoms with van der Waals surface area (Å²) >= 11 is 0. The number of nitrogens with zero attached hydrogens (tertiary/aromatic N) is 4. The van der Waals surface area contributed by atoms with E-state index in [2.05, 4.69) is 19.4 Å². The monoisotopic (exact) mass is 790 g/mol. The Hall–Kier alpha value is -3.76. The topological polar surface area (TPSA) is 50.7 Å². The number of alkyl halides is 18.